The van der Waals surface area contributed by atoms with E-state index in [0.717, 1.165) is 36.4 Å². The molecule has 1 atom stereocenters. The Balaban J connectivity index is 1.67. The summed E-state index contributed by atoms with van der Waals surface area (Å²) in [6.45, 7) is 1.90. The highest BCUT2D eigenvalue weighted by Gasteiger charge is 2.26. The fourth-order valence-electron chi connectivity index (χ4n) is 2.85. The third kappa shape index (κ3) is 1.66. The first-order valence-corrected chi connectivity index (χ1v) is 6.70. The molecule has 7 nitrogen and oxygen atoms in total. The van der Waals surface area contributed by atoms with Crippen LogP contribution in [-0.2, 0) is 7.05 Å². The summed E-state index contributed by atoms with van der Waals surface area (Å²) in [7, 11) is 1.90. The van der Waals surface area contributed by atoms with Crippen LogP contribution in [0, 0.1) is 0 Å². The Morgan fingerprint density at radius 1 is 1.25 bits per heavy atom. The SMILES string of the molecule is Cn1ncc2c(N3CCC(n4cccn4)C3)ncnc21. The van der Waals surface area contributed by atoms with Gasteiger partial charge in [-0.1, -0.05) is 0 Å². The van der Waals surface area contributed by atoms with Crippen LogP contribution < -0.4 is 4.90 Å². The average molecular weight is 269 g/mol. The van der Waals surface area contributed by atoms with Crippen molar-refractivity contribution in [3.05, 3.63) is 31.0 Å². The maximum Gasteiger partial charge on any atom is 0.163 e. The van der Waals surface area contributed by atoms with Crippen LogP contribution in [-0.4, -0.2) is 42.6 Å². The van der Waals surface area contributed by atoms with Crippen LogP contribution in [0.4, 0.5) is 5.82 Å². The lowest BCUT2D eigenvalue weighted by Gasteiger charge is -2.18. The van der Waals surface area contributed by atoms with E-state index in [1.165, 1.54) is 0 Å². The van der Waals surface area contributed by atoms with Gasteiger partial charge in [-0.15, -0.1) is 0 Å². The minimum absolute atomic E-state index is 0.409. The molecule has 4 rings (SSSR count). The van der Waals surface area contributed by atoms with Crippen LogP contribution in [0.5, 0.6) is 0 Å². The molecule has 0 aromatic carbocycles. The smallest absolute Gasteiger partial charge is 0.163 e. The third-order valence-electron chi connectivity index (χ3n) is 3.87. The van der Waals surface area contributed by atoms with Crippen molar-refractivity contribution in [2.45, 2.75) is 12.5 Å². The topological polar surface area (TPSA) is 64.7 Å². The molecular weight excluding hydrogens is 254 g/mol. The van der Waals surface area contributed by atoms with E-state index in [2.05, 4.69) is 25.1 Å². The normalized spacial score (nSPS) is 19.1. The second-order valence-corrected chi connectivity index (χ2v) is 5.08. The van der Waals surface area contributed by atoms with E-state index >= 15 is 0 Å². The minimum atomic E-state index is 0.409. The first-order valence-electron chi connectivity index (χ1n) is 6.70. The van der Waals surface area contributed by atoms with Crippen molar-refractivity contribution in [3.63, 3.8) is 0 Å². The highest BCUT2D eigenvalue weighted by molar-refractivity contribution is 5.86. The van der Waals surface area contributed by atoms with Crippen LogP contribution in [0.2, 0.25) is 0 Å². The van der Waals surface area contributed by atoms with Gasteiger partial charge in [0.15, 0.2) is 5.65 Å². The maximum atomic E-state index is 4.45. The van der Waals surface area contributed by atoms with E-state index in [-0.39, 0.29) is 0 Å². The zero-order valence-electron chi connectivity index (χ0n) is 11.2. The number of aryl methyl sites for hydroxylation is 1. The summed E-state index contributed by atoms with van der Waals surface area (Å²) < 4.78 is 3.81. The first-order chi connectivity index (χ1) is 9.83. The highest BCUT2D eigenvalue weighted by Crippen LogP contribution is 2.29. The molecule has 0 amide bonds. The van der Waals surface area contributed by atoms with Crippen molar-refractivity contribution in [3.8, 4) is 0 Å². The number of hydrogen-bond donors (Lipinski definition) is 0. The van der Waals surface area contributed by atoms with Crippen LogP contribution in [0.15, 0.2) is 31.0 Å². The number of nitrogens with zero attached hydrogens (tertiary/aromatic N) is 7. The van der Waals surface area contributed by atoms with Gasteiger partial charge in [-0.25, -0.2) is 9.97 Å². The largest absolute Gasteiger partial charge is 0.354 e. The lowest BCUT2D eigenvalue weighted by molar-refractivity contribution is 0.494. The van der Waals surface area contributed by atoms with Gasteiger partial charge in [0.25, 0.3) is 0 Å². The fraction of sp³-hybridized carbons (Fsp3) is 0.385. The van der Waals surface area contributed by atoms with Gasteiger partial charge in [0, 0.05) is 32.5 Å². The Morgan fingerprint density at radius 3 is 3.05 bits per heavy atom. The number of hydrogen-bond acceptors (Lipinski definition) is 5. The molecule has 4 heterocycles. The Labute approximate surface area is 115 Å². The van der Waals surface area contributed by atoms with E-state index in [4.69, 9.17) is 0 Å². The summed E-state index contributed by atoms with van der Waals surface area (Å²) in [5.74, 6) is 0.970. The zero-order valence-corrected chi connectivity index (χ0v) is 11.2. The fourth-order valence-corrected chi connectivity index (χ4v) is 2.85. The summed E-state index contributed by atoms with van der Waals surface area (Å²) in [4.78, 5) is 11.0. The van der Waals surface area contributed by atoms with Crippen molar-refractivity contribution < 1.29 is 0 Å². The van der Waals surface area contributed by atoms with Gasteiger partial charge in [-0.3, -0.25) is 9.36 Å². The molecule has 0 bridgehead atoms. The third-order valence-corrected chi connectivity index (χ3v) is 3.87. The van der Waals surface area contributed by atoms with Crippen molar-refractivity contribution in [1.82, 2.24) is 29.5 Å². The molecule has 0 radical (unpaired) electrons. The summed E-state index contributed by atoms with van der Waals surface area (Å²) in [6.07, 6.45) is 8.38. The van der Waals surface area contributed by atoms with Crippen molar-refractivity contribution in [2.24, 2.45) is 7.05 Å². The standard InChI is InChI=1S/C13H15N7/c1-18-12-11(7-17-18)13(15-9-14-12)19-6-3-10(8-19)20-5-2-4-16-20/h2,4-5,7,9-10H,3,6,8H2,1H3. The molecule has 0 aliphatic carbocycles. The number of rotatable bonds is 2. The summed E-state index contributed by atoms with van der Waals surface area (Å²) in [5.41, 5.74) is 0.873. The molecule has 1 aliphatic rings. The van der Waals surface area contributed by atoms with Crippen LogP contribution in [0.3, 0.4) is 0 Å². The van der Waals surface area contributed by atoms with Crippen LogP contribution in [0.25, 0.3) is 11.0 Å². The van der Waals surface area contributed by atoms with Gasteiger partial charge in [-0.2, -0.15) is 10.2 Å². The molecule has 1 fully saturated rings. The Bertz CT molecular complexity index is 730. The highest BCUT2D eigenvalue weighted by atomic mass is 15.3. The molecule has 3 aromatic heterocycles. The molecule has 0 saturated carbocycles. The predicted molar refractivity (Wildman–Crippen MR) is 74.4 cm³/mol. The minimum Gasteiger partial charge on any atom is -0.354 e. The van der Waals surface area contributed by atoms with Gasteiger partial charge >= 0.3 is 0 Å². The van der Waals surface area contributed by atoms with E-state index in [1.54, 1.807) is 11.0 Å². The molecule has 1 saturated heterocycles. The molecule has 0 spiro atoms. The number of anilines is 1. The second kappa shape index (κ2) is 4.29. The Morgan fingerprint density at radius 2 is 2.20 bits per heavy atom. The molecule has 7 heteroatoms. The van der Waals surface area contributed by atoms with Gasteiger partial charge in [0.1, 0.15) is 12.1 Å². The quantitative estimate of drug-likeness (QED) is 0.694. The van der Waals surface area contributed by atoms with Crippen LogP contribution in [0.1, 0.15) is 12.5 Å². The van der Waals surface area contributed by atoms with Gasteiger partial charge in [0.05, 0.1) is 17.6 Å². The van der Waals surface area contributed by atoms with Crippen LogP contribution >= 0.6 is 0 Å². The van der Waals surface area contributed by atoms with E-state index in [0.29, 0.717) is 6.04 Å². The molecule has 1 unspecified atom stereocenters. The Hall–Kier alpha value is -2.44. The molecular formula is C13H15N7. The van der Waals surface area contributed by atoms with Gasteiger partial charge in [0.2, 0.25) is 0 Å². The van der Waals surface area contributed by atoms with Gasteiger partial charge in [-0.05, 0) is 12.5 Å². The summed E-state index contributed by atoms with van der Waals surface area (Å²) in [6, 6.07) is 2.37. The van der Waals surface area contributed by atoms with Crippen molar-refractivity contribution in [1.29, 1.82) is 0 Å². The summed E-state index contributed by atoms with van der Waals surface area (Å²) >= 11 is 0. The molecule has 102 valence electrons. The zero-order chi connectivity index (χ0) is 13.5. The Kier molecular flexibility index (Phi) is 2.45. The average Bonchev–Trinajstić information content (AvgIpc) is 3.18. The van der Waals surface area contributed by atoms with E-state index < -0.39 is 0 Å². The molecule has 20 heavy (non-hydrogen) atoms. The number of fused-ring (bicyclic) bond motifs is 1. The maximum absolute atomic E-state index is 4.45. The monoisotopic (exact) mass is 269 g/mol. The molecule has 1 aliphatic heterocycles. The first kappa shape index (κ1) is 11.4. The lowest BCUT2D eigenvalue weighted by Crippen LogP contribution is -2.22. The van der Waals surface area contributed by atoms with Gasteiger partial charge < -0.3 is 4.90 Å². The van der Waals surface area contributed by atoms with Crippen molar-refractivity contribution >= 4 is 16.9 Å². The number of aromatic nitrogens is 6. The lowest BCUT2D eigenvalue weighted by atomic mass is 10.3. The van der Waals surface area contributed by atoms with Crippen molar-refractivity contribution in [2.75, 3.05) is 18.0 Å². The second-order valence-electron chi connectivity index (χ2n) is 5.08. The van der Waals surface area contributed by atoms with E-state index in [9.17, 15) is 0 Å². The summed E-state index contributed by atoms with van der Waals surface area (Å²) in [5, 5.41) is 9.61. The van der Waals surface area contributed by atoms with E-state index in [1.807, 2.05) is 36.4 Å². The molecule has 3 aromatic rings. The predicted octanol–water partition coefficient (Wildman–Crippen LogP) is 1.01. The molecule has 0 N–H and O–H groups in total.